The standard InChI is InChI=1S/C18H18BrNO/c1-13-4-6-14(7-5-13)17-3-2-12-20(17)18(21)15-8-10-16(19)11-9-15/h4-11,17H,2-3,12H2,1H3. The number of benzene rings is 2. The highest BCUT2D eigenvalue weighted by atomic mass is 79.9. The minimum Gasteiger partial charge on any atom is -0.332 e. The maximum absolute atomic E-state index is 12.7. The Hall–Kier alpha value is -1.61. The van der Waals surface area contributed by atoms with Crippen molar-refractivity contribution in [3.63, 3.8) is 0 Å². The molecule has 0 radical (unpaired) electrons. The van der Waals surface area contributed by atoms with Gasteiger partial charge in [-0.3, -0.25) is 4.79 Å². The highest BCUT2D eigenvalue weighted by molar-refractivity contribution is 9.10. The van der Waals surface area contributed by atoms with Crippen LogP contribution in [0.1, 0.15) is 40.4 Å². The Morgan fingerprint density at radius 1 is 1.10 bits per heavy atom. The molecule has 1 aliphatic heterocycles. The Balaban J connectivity index is 1.85. The van der Waals surface area contributed by atoms with Crippen molar-refractivity contribution in [1.29, 1.82) is 0 Å². The van der Waals surface area contributed by atoms with E-state index < -0.39 is 0 Å². The Kier molecular flexibility index (Phi) is 4.11. The lowest BCUT2D eigenvalue weighted by Crippen LogP contribution is -2.30. The second-order valence-corrected chi connectivity index (χ2v) is 6.49. The van der Waals surface area contributed by atoms with Crippen molar-refractivity contribution in [3.8, 4) is 0 Å². The number of carbonyl (C=O) groups excluding carboxylic acids is 1. The molecule has 2 aromatic rings. The maximum Gasteiger partial charge on any atom is 0.254 e. The van der Waals surface area contributed by atoms with Gasteiger partial charge in [0.15, 0.2) is 0 Å². The van der Waals surface area contributed by atoms with Gasteiger partial charge in [-0.2, -0.15) is 0 Å². The van der Waals surface area contributed by atoms with Crippen LogP contribution in [0.25, 0.3) is 0 Å². The Labute approximate surface area is 133 Å². The van der Waals surface area contributed by atoms with E-state index >= 15 is 0 Å². The van der Waals surface area contributed by atoms with Gasteiger partial charge in [-0.15, -0.1) is 0 Å². The molecule has 1 unspecified atom stereocenters. The molecule has 1 atom stereocenters. The van der Waals surface area contributed by atoms with Crippen molar-refractivity contribution in [2.75, 3.05) is 6.54 Å². The molecule has 2 nitrogen and oxygen atoms in total. The van der Waals surface area contributed by atoms with E-state index in [0.29, 0.717) is 0 Å². The van der Waals surface area contributed by atoms with E-state index in [-0.39, 0.29) is 11.9 Å². The summed E-state index contributed by atoms with van der Waals surface area (Å²) in [6.07, 6.45) is 2.12. The molecule has 1 aliphatic rings. The van der Waals surface area contributed by atoms with Crippen LogP contribution < -0.4 is 0 Å². The van der Waals surface area contributed by atoms with Gasteiger partial charge in [-0.25, -0.2) is 0 Å². The van der Waals surface area contributed by atoms with Crippen LogP contribution in [-0.4, -0.2) is 17.4 Å². The number of nitrogens with zero attached hydrogens (tertiary/aromatic N) is 1. The molecule has 1 heterocycles. The Morgan fingerprint density at radius 3 is 2.43 bits per heavy atom. The lowest BCUT2D eigenvalue weighted by molar-refractivity contribution is 0.0735. The number of amides is 1. The average molecular weight is 344 g/mol. The van der Waals surface area contributed by atoms with E-state index in [0.717, 1.165) is 29.4 Å². The van der Waals surface area contributed by atoms with Gasteiger partial charge in [0.05, 0.1) is 6.04 Å². The number of carbonyl (C=O) groups is 1. The van der Waals surface area contributed by atoms with Crippen molar-refractivity contribution in [1.82, 2.24) is 4.90 Å². The summed E-state index contributed by atoms with van der Waals surface area (Å²) in [7, 11) is 0. The van der Waals surface area contributed by atoms with Crippen LogP contribution in [-0.2, 0) is 0 Å². The van der Waals surface area contributed by atoms with E-state index in [2.05, 4.69) is 47.1 Å². The fraction of sp³-hybridized carbons (Fsp3) is 0.278. The number of rotatable bonds is 2. The second-order valence-electron chi connectivity index (χ2n) is 5.57. The first kappa shape index (κ1) is 14.3. The number of aryl methyl sites for hydroxylation is 1. The molecule has 0 N–H and O–H groups in total. The van der Waals surface area contributed by atoms with Gasteiger partial charge >= 0.3 is 0 Å². The van der Waals surface area contributed by atoms with Crippen molar-refractivity contribution < 1.29 is 4.79 Å². The quantitative estimate of drug-likeness (QED) is 0.771. The van der Waals surface area contributed by atoms with Gasteiger partial charge in [-0.05, 0) is 49.6 Å². The van der Waals surface area contributed by atoms with Gasteiger partial charge in [0, 0.05) is 16.6 Å². The van der Waals surface area contributed by atoms with E-state index in [1.807, 2.05) is 29.2 Å². The van der Waals surface area contributed by atoms with E-state index in [9.17, 15) is 4.79 Å². The normalized spacial score (nSPS) is 18.0. The molecule has 3 rings (SSSR count). The van der Waals surface area contributed by atoms with E-state index in [4.69, 9.17) is 0 Å². The summed E-state index contributed by atoms with van der Waals surface area (Å²) in [6.45, 7) is 2.93. The highest BCUT2D eigenvalue weighted by Crippen LogP contribution is 2.33. The first-order chi connectivity index (χ1) is 10.1. The predicted octanol–water partition coefficient (Wildman–Crippen LogP) is 4.73. The van der Waals surface area contributed by atoms with Gasteiger partial charge in [0.2, 0.25) is 0 Å². The number of likely N-dealkylation sites (tertiary alicyclic amines) is 1. The summed E-state index contributed by atoms with van der Waals surface area (Å²) in [4.78, 5) is 14.7. The maximum atomic E-state index is 12.7. The third-order valence-electron chi connectivity index (χ3n) is 4.07. The Bertz CT molecular complexity index is 633. The van der Waals surface area contributed by atoms with Gasteiger partial charge in [0.25, 0.3) is 5.91 Å². The zero-order valence-electron chi connectivity index (χ0n) is 12.1. The summed E-state index contributed by atoms with van der Waals surface area (Å²) in [5.74, 6) is 0.130. The first-order valence-electron chi connectivity index (χ1n) is 7.28. The van der Waals surface area contributed by atoms with Crippen LogP contribution in [0.5, 0.6) is 0 Å². The van der Waals surface area contributed by atoms with Crippen molar-refractivity contribution in [3.05, 3.63) is 69.7 Å². The zero-order chi connectivity index (χ0) is 14.8. The molecule has 0 spiro atoms. The highest BCUT2D eigenvalue weighted by Gasteiger charge is 2.30. The number of halogens is 1. The SMILES string of the molecule is Cc1ccc(C2CCCN2C(=O)c2ccc(Br)cc2)cc1. The monoisotopic (exact) mass is 343 g/mol. The van der Waals surface area contributed by atoms with Crippen LogP contribution >= 0.6 is 15.9 Å². The minimum absolute atomic E-state index is 0.130. The van der Waals surface area contributed by atoms with Crippen LogP contribution in [0.15, 0.2) is 53.0 Å². The van der Waals surface area contributed by atoms with Crippen molar-refractivity contribution in [2.24, 2.45) is 0 Å². The first-order valence-corrected chi connectivity index (χ1v) is 8.07. The lowest BCUT2D eigenvalue weighted by Gasteiger charge is -2.25. The fourth-order valence-corrected chi connectivity index (χ4v) is 3.17. The third kappa shape index (κ3) is 3.03. The third-order valence-corrected chi connectivity index (χ3v) is 4.60. The molecule has 108 valence electrons. The molecule has 21 heavy (non-hydrogen) atoms. The molecule has 1 amide bonds. The summed E-state index contributed by atoms with van der Waals surface area (Å²) in [5, 5.41) is 0. The van der Waals surface area contributed by atoms with Crippen molar-refractivity contribution in [2.45, 2.75) is 25.8 Å². The molecular formula is C18H18BrNO. The minimum atomic E-state index is 0.130. The van der Waals surface area contributed by atoms with Gasteiger partial charge in [0.1, 0.15) is 0 Å². The molecule has 1 saturated heterocycles. The summed E-state index contributed by atoms with van der Waals surface area (Å²) in [6, 6.07) is 16.4. The molecule has 2 aromatic carbocycles. The summed E-state index contributed by atoms with van der Waals surface area (Å²) in [5.41, 5.74) is 3.25. The molecule has 0 bridgehead atoms. The van der Waals surface area contributed by atoms with E-state index in [1.165, 1.54) is 11.1 Å². The van der Waals surface area contributed by atoms with E-state index in [1.54, 1.807) is 0 Å². The predicted molar refractivity (Wildman–Crippen MR) is 88.3 cm³/mol. The zero-order valence-corrected chi connectivity index (χ0v) is 13.6. The van der Waals surface area contributed by atoms with Crippen LogP contribution in [0.3, 0.4) is 0 Å². The molecule has 0 saturated carbocycles. The molecule has 0 aromatic heterocycles. The largest absolute Gasteiger partial charge is 0.332 e. The van der Waals surface area contributed by atoms with Crippen LogP contribution in [0, 0.1) is 6.92 Å². The average Bonchev–Trinajstić information content (AvgIpc) is 2.97. The topological polar surface area (TPSA) is 20.3 Å². The Morgan fingerprint density at radius 2 is 1.76 bits per heavy atom. The van der Waals surface area contributed by atoms with Gasteiger partial charge < -0.3 is 4.90 Å². The molecule has 0 aliphatic carbocycles. The van der Waals surface area contributed by atoms with Crippen molar-refractivity contribution >= 4 is 21.8 Å². The fourth-order valence-electron chi connectivity index (χ4n) is 2.90. The summed E-state index contributed by atoms with van der Waals surface area (Å²) < 4.78 is 0.996. The number of hydrogen-bond acceptors (Lipinski definition) is 1. The molecular weight excluding hydrogens is 326 g/mol. The van der Waals surface area contributed by atoms with Crippen LogP contribution in [0.2, 0.25) is 0 Å². The smallest absolute Gasteiger partial charge is 0.254 e. The van der Waals surface area contributed by atoms with Gasteiger partial charge in [-0.1, -0.05) is 45.8 Å². The molecule has 3 heteroatoms. The summed E-state index contributed by atoms with van der Waals surface area (Å²) >= 11 is 3.41. The number of hydrogen-bond donors (Lipinski definition) is 0. The van der Waals surface area contributed by atoms with Crippen LogP contribution in [0.4, 0.5) is 0 Å². The second kappa shape index (κ2) is 6.02. The lowest BCUT2D eigenvalue weighted by atomic mass is 10.0. The molecule has 1 fully saturated rings.